The lowest BCUT2D eigenvalue weighted by Crippen LogP contribution is -2.40. The van der Waals surface area contributed by atoms with Gasteiger partial charge in [-0.1, -0.05) is 29.8 Å². The number of benzene rings is 2. The molecule has 1 aliphatic heterocycles. The van der Waals surface area contributed by atoms with Crippen molar-refractivity contribution in [2.24, 2.45) is 0 Å². The van der Waals surface area contributed by atoms with Gasteiger partial charge in [0, 0.05) is 29.7 Å². The number of H-pyrrole nitrogens is 1. The molecule has 0 spiro atoms. The first-order valence-electron chi connectivity index (χ1n) is 8.87. The molecule has 0 unspecified atom stereocenters. The molecule has 0 saturated carbocycles. The first-order valence-corrected chi connectivity index (χ1v) is 9.65. The molecule has 4 rings (SSSR count). The molecule has 26 heavy (non-hydrogen) atoms. The number of aromatic nitrogens is 2. The lowest BCUT2D eigenvalue weighted by atomic mass is 9.96. The van der Waals surface area contributed by atoms with Crippen LogP contribution < -0.4 is 5.32 Å². The number of anilines is 1. The van der Waals surface area contributed by atoms with Crippen LogP contribution in [0.2, 0.25) is 5.02 Å². The summed E-state index contributed by atoms with van der Waals surface area (Å²) in [6.07, 6.45) is 2.06. The first-order chi connectivity index (χ1) is 12.6. The number of hydrogen-bond donors (Lipinski definition) is 2. The van der Waals surface area contributed by atoms with E-state index in [1.165, 1.54) is 5.56 Å². The number of para-hydroxylation sites is 1. The second-order valence-corrected chi connectivity index (χ2v) is 7.61. The van der Waals surface area contributed by atoms with Crippen LogP contribution in [0.3, 0.4) is 0 Å². The number of aryl methyl sites for hydroxylation is 1. The van der Waals surface area contributed by atoms with Crippen molar-refractivity contribution in [1.82, 2.24) is 14.9 Å². The third-order valence-corrected chi connectivity index (χ3v) is 5.61. The molecule has 0 amide bonds. The summed E-state index contributed by atoms with van der Waals surface area (Å²) in [5, 5.41) is 4.91. The molecule has 2 N–H and O–H groups in total. The molecule has 1 saturated heterocycles. The Kier molecular flexibility index (Phi) is 4.83. The lowest BCUT2D eigenvalue weighted by Gasteiger charge is -2.33. The van der Waals surface area contributed by atoms with Gasteiger partial charge in [0.15, 0.2) is 5.11 Å². The molecular weight excluding hydrogens is 364 g/mol. The number of thiocarbonyl (C=S) groups is 1. The minimum atomic E-state index is 0.429. The topological polar surface area (TPSA) is 44.0 Å². The Balaban J connectivity index is 1.40. The normalized spacial score (nSPS) is 15.4. The van der Waals surface area contributed by atoms with Gasteiger partial charge >= 0.3 is 0 Å². The smallest absolute Gasteiger partial charge is 0.173 e. The number of nitrogens with one attached hydrogen (secondary N) is 2. The highest BCUT2D eigenvalue weighted by molar-refractivity contribution is 7.80. The third kappa shape index (κ3) is 3.55. The van der Waals surface area contributed by atoms with Crippen LogP contribution in [0.4, 0.5) is 5.69 Å². The van der Waals surface area contributed by atoms with E-state index in [2.05, 4.69) is 34.3 Å². The maximum Gasteiger partial charge on any atom is 0.173 e. The molecule has 0 bridgehead atoms. The maximum atomic E-state index is 6.07. The van der Waals surface area contributed by atoms with Crippen molar-refractivity contribution in [2.45, 2.75) is 25.7 Å². The predicted molar refractivity (Wildman–Crippen MR) is 112 cm³/mol. The van der Waals surface area contributed by atoms with Gasteiger partial charge in [0.05, 0.1) is 11.0 Å². The molecule has 0 aliphatic carbocycles. The second kappa shape index (κ2) is 7.25. The highest BCUT2D eigenvalue weighted by Gasteiger charge is 2.24. The number of rotatable bonds is 2. The minimum absolute atomic E-state index is 0.429. The third-order valence-electron chi connectivity index (χ3n) is 5.02. The maximum absolute atomic E-state index is 6.07. The number of nitrogens with zero attached hydrogens (tertiary/aromatic N) is 2. The molecule has 3 aromatic rings. The molecular formula is C20H21ClN4S. The van der Waals surface area contributed by atoms with E-state index in [4.69, 9.17) is 28.8 Å². The van der Waals surface area contributed by atoms with Crippen molar-refractivity contribution in [3.63, 3.8) is 0 Å². The van der Waals surface area contributed by atoms with Crippen LogP contribution in [0.1, 0.15) is 30.1 Å². The average Bonchev–Trinajstić information content (AvgIpc) is 3.07. The number of aromatic amines is 1. The van der Waals surface area contributed by atoms with Gasteiger partial charge < -0.3 is 15.2 Å². The molecule has 2 heterocycles. The minimum Gasteiger partial charge on any atom is -0.349 e. The monoisotopic (exact) mass is 384 g/mol. The highest BCUT2D eigenvalue weighted by Crippen LogP contribution is 2.29. The fourth-order valence-corrected chi connectivity index (χ4v) is 3.92. The molecule has 6 heteroatoms. The predicted octanol–water partition coefficient (Wildman–Crippen LogP) is 5.10. The van der Waals surface area contributed by atoms with Crippen molar-refractivity contribution in [2.75, 3.05) is 18.4 Å². The summed E-state index contributed by atoms with van der Waals surface area (Å²) in [6.45, 7) is 3.95. The van der Waals surface area contributed by atoms with E-state index in [9.17, 15) is 0 Å². The van der Waals surface area contributed by atoms with Gasteiger partial charge in [0.1, 0.15) is 5.82 Å². The van der Waals surface area contributed by atoms with Crippen molar-refractivity contribution in [3.8, 4) is 0 Å². The van der Waals surface area contributed by atoms with Crippen molar-refractivity contribution >= 4 is 45.7 Å². The SMILES string of the molecule is Cc1ccccc1NC(=S)N1CCC(c2nc3ccc(Cl)cc3[nH]2)CC1. The fourth-order valence-electron chi connectivity index (χ4n) is 3.46. The second-order valence-electron chi connectivity index (χ2n) is 6.79. The van der Waals surface area contributed by atoms with Gasteiger partial charge in [0.2, 0.25) is 0 Å². The van der Waals surface area contributed by atoms with Crippen molar-refractivity contribution in [3.05, 3.63) is 58.9 Å². The van der Waals surface area contributed by atoms with Crippen LogP contribution in [-0.4, -0.2) is 33.1 Å². The molecule has 134 valence electrons. The number of fused-ring (bicyclic) bond motifs is 1. The van der Waals surface area contributed by atoms with Gasteiger partial charge in [-0.15, -0.1) is 0 Å². The van der Waals surface area contributed by atoms with Crippen LogP contribution in [0.25, 0.3) is 11.0 Å². The first kappa shape index (κ1) is 17.3. The Hall–Kier alpha value is -2.11. The summed E-state index contributed by atoms with van der Waals surface area (Å²) in [5.74, 6) is 1.48. The van der Waals surface area contributed by atoms with Gasteiger partial charge in [0.25, 0.3) is 0 Å². The van der Waals surface area contributed by atoms with Crippen LogP contribution >= 0.6 is 23.8 Å². The van der Waals surface area contributed by atoms with Crippen LogP contribution in [0.5, 0.6) is 0 Å². The quantitative estimate of drug-likeness (QED) is 0.603. The largest absolute Gasteiger partial charge is 0.349 e. The molecule has 1 aliphatic rings. The van der Waals surface area contributed by atoms with E-state index in [0.717, 1.165) is 58.6 Å². The van der Waals surface area contributed by atoms with E-state index in [-0.39, 0.29) is 0 Å². The van der Waals surface area contributed by atoms with Crippen LogP contribution in [0, 0.1) is 6.92 Å². The summed E-state index contributed by atoms with van der Waals surface area (Å²) < 4.78 is 0. The van der Waals surface area contributed by atoms with E-state index >= 15 is 0 Å². The summed E-state index contributed by atoms with van der Waals surface area (Å²) in [6, 6.07) is 14.0. The number of imidazole rings is 1. The Bertz CT molecular complexity index is 944. The van der Waals surface area contributed by atoms with E-state index in [1.54, 1.807) is 0 Å². The van der Waals surface area contributed by atoms with Crippen molar-refractivity contribution < 1.29 is 0 Å². The molecule has 1 fully saturated rings. The Morgan fingerprint density at radius 3 is 2.77 bits per heavy atom. The van der Waals surface area contributed by atoms with E-state index in [1.807, 2.05) is 30.3 Å². The van der Waals surface area contributed by atoms with E-state index in [0.29, 0.717) is 5.92 Å². The number of halogens is 1. The van der Waals surface area contributed by atoms with Gasteiger partial charge in [-0.05, 0) is 61.8 Å². The summed E-state index contributed by atoms with van der Waals surface area (Å²) in [5.41, 5.74) is 4.26. The Labute approximate surface area is 163 Å². The fraction of sp³-hybridized carbons (Fsp3) is 0.300. The summed E-state index contributed by atoms with van der Waals surface area (Å²) in [7, 11) is 0. The summed E-state index contributed by atoms with van der Waals surface area (Å²) >= 11 is 11.7. The lowest BCUT2D eigenvalue weighted by molar-refractivity contribution is 0.311. The van der Waals surface area contributed by atoms with E-state index < -0.39 is 0 Å². The standard InChI is InChI=1S/C20H21ClN4S/c1-13-4-2-3-5-16(13)24-20(26)25-10-8-14(9-11-25)19-22-17-7-6-15(21)12-18(17)23-19/h2-7,12,14H,8-11H2,1H3,(H,22,23)(H,24,26). The highest BCUT2D eigenvalue weighted by atomic mass is 35.5. The summed E-state index contributed by atoms with van der Waals surface area (Å²) in [4.78, 5) is 10.4. The van der Waals surface area contributed by atoms with Crippen molar-refractivity contribution in [1.29, 1.82) is 0 Å². The van der Waals surface area contributed by atoms with Gasteiger partial charge in [-0.2, -0.15) is 0 Å². The molecule has 1 aromatic heterocycles. The van der Waals surface area contributed by atoms with Gasteiger partial charge in [-0.3, -0.25) is 0 Å². The number of piperidine rings is 1. The zero-order chi connectivity index (χ0) is 18.1. The molecule has 0 atom stereocenters. The number of likely N-dealkylation sites (tertiary alicyclic amines) is 1. The molecule has 2 aromatic carbocycles. The average molecular weight is 385 g/mol. The van der Waals surface area contributed by atoms with Gasteiger partial charge in [-0.25, -0.2) is 4.98 Å². The molecule has 0 radical (unpaired) electrons. The zero-order valence-corrected chi connectivity index (χ0v) is 16.2. The number of hydrogen-bond acceptors (Lipinski definition) is 2. The zero-order valence-electron chi connectivity index (χ0n) is 14.6. The molecule has 4 nitrogen and oxygen atoms in total. The Morgan fingerprint density at radius 1 is 1.23 bits per heavy atom. The Morgan fingerprint density at radius 2 is 2.00 bits per heavy atom. The van der Waals surface area contributed by atoms with Crippen LogP contribution in [-0.2, 0) is 0 Å². The van der Waals surface area contributed by atoms with Crippen LogP contribution in [0.15, 0.2) is 42.5 Å².